The van der Waals surface area contributed by atoms with Crippen molar-refractivity contribution in [3.8, 4) is 11.5 Å². The maximum atomic E-state index is 12.4. The Morgan fingerprint density at radius 2 is 1.36 bits per heavy atom. The quantitative estimate of drug-likeness (QED) is 0.216. The van der Waals surface area contributed by atoms with Gasteiger partial charge in [0.05, 0.1) is 8.95 Å². The average Bonchev–Trinajstić information content (AvgIpc) is 2.74. The molecule has 1 unspecified atom stereocenters. The minimum Gasteiger partial charge on any atom is -0.871 e. The van der Waals surface area contributed by atoms with E-state index >= 15 is 0 Å². The molecule has 12 heteroatoms. The second kappa shape index (κ2) is 10.6. The van der Waals surface area contributed by atoms with Crippen molar-refractivity contribution >= 4 is 73.8 Å². The van der Waals surface area contributed by atoms with Crippen LogP contribution in [0.5, 0.6) is 11.5 Å². The number of hydrogen-bond acceptors (Lipinski definition) is 5. The molecular weight excluding hydrogens is 723 g/mol. The molecule has 3 N–H and O–H groups in total. The van der Waals surface area contributed by atoms with Crippen molar-refractivity contribution < 1.29 is 57.8 Å². The van der Waals surface area contributed by atoms with Crippen LogP contribution < -0.4 is 34.7 Å². The van der Waals surface area contributed by atoms with Crippen molar-refractivity contribution in [1.29, 1.82) is 0 Å². The Labute approximate surface area is 247 Å². The predicted molar refractivity (Wildman–Crippen MR) is 133 cm³/mol. The Hall–Kier alpha value is 0.0500. The SMILES string of the molecule is Cc1c(C(O)(c2ccccc2S(=O)(=O)O)c2cc(Br)c(O)c(Br)c2C)cc(Br)c([O-])c1Br.[Na+]. The molecule has 6 nitrogen and oxygen atoms in total. The summed E-state index contributed by atoms with van der Waals surface area (Å²) in [6.45, 7) is 3.24. The summed E-state index contributed by atoms with van der Waals surface area (Å²) >= 11 is 13.0. The molecule has 170 valence electrons. The van der Waals surface area contributed by atoms with Crippen LogP contribution in [0.4, 0.5) is 0 Å². The third-order valence-electron chi connectivity index (χ3n) is 5.19. The number of halogens is 4. The van der Waals surface area contributed by atoms with Gasteiger partial charge in [0.2, 0.25) is 0 Å². The van der Waals surface area contributed by atoms with Gasteiger partial charge in [-0.15, -0.1) is 0 Å². The van der Waals surface area contributed by atoms with E-state index in [2.05, 4.69) is 63.7 Å². The van der Waals surface area contributed by atoms with E-state index in [4.69, 9.17) is 0 Å². The second-order valence-electron chi connectivity index (χ2n) is 7.05. The molecule has 0 bridgehead atoms. The fourth-order valence-electron chi connectivity index (χ4n) is 3.58. The van der Waals surface area contributed by atoms with E-state index in [9.17, 15) is 28.3 Å². The minimum absolute atomic E-state index is 0. The number of phenols is 1. The normalized spacial score (nSPS) is 13.3. The van der Waals surface area contributed by atoms with Crippen molar-refractivity contribution in [3.05, 3.63) is 82.1 Å². The summed E-state index contributed by atoms with van der Waals surface area (Å²) in [5.41, 5.74) is -1.10. The molecular formula is C21H15Br4NaO6S. The minimum atomic E-state index is -4.73. The maximum absolute atomic E-state index is 12.4. The number of aromatic hydroxyl groups is 1. The molecule has 3 rings (SSSR count). The van der Waals surface area contributed by atoms with Crippen LogP contribution in [-0.2, 0) is 15.7 Å². The molecule has 3 aromatic rings. The zero-order chi connectivity index (χ0) is 24.2. The molecule has 0 aliphatic rings. The van der Waals surface area contributed by atoms with E-state index in [0.717, 1.165) is 0 Å². The zero-order valence-electron chi connectivity index (χ0n) is 17.5. The van der Waals surface area contributed by atoms with E-state index in [1.165, 1.54) is 36.4 Å². The first-order valence-electron chi connectivity index (χ1n) is 8.86. The average molecular weight is 738 g/mol. The van der Waals surface area contributed by atoms with Crippen LogP contribution in [-0.4, -0.2) is 23.2 Å². The molecule has 0 amide bonds. The van der Waals surface area contributed by atoms with Crippen molar-refractivity contribution in [2.24, 2.45) is 0 Å². The van der Waals surface area contributed by atoms with E-state index in [1.807, 2.05) is 0 Å². The Balaban J connectivity index is 0.00000385. The fourth-order valence-corrected chi connectivity index (χ4v) is 6.56. The largest absolute Gasteiger partial charge is 1.00 e. The standard InChI is InChI=1S/C21H16Br4O6S.Na/c1-9-12(7-14(22)19(26)17(9)24)21(28,11-5-3-4-6-16(11)32(29,30)31)13-8-15(23)20(27)18(25)10(13)2;/h3-8,26-28H,1-2H3,(H,29,30,31);/q;+1/p-1. The van der Waals surface area contributed by atoms with Crippen LogP contribution in [0, 0.1) is 13.8 Å². The van der Waals surface area contributed by atoms with Gasteiger partial charge in [-0.3, -0.25) is 4.55 Å². The molecule has 0 aromatic heterocycles. The van der Waals surface area contributed by atoms with Crippen LogP contribution in [0.25, 0.3) is 0 Å². The Morgan fingerprint density at radius 1 is 0.879 bits per heavy atom. The number of phenolic OH excluding ortho intramolecular Hbond substituents is 1. The van der Waals surface area contributed by atoms with Gasteiger partial charge in [-0.1, -0.05) is 55.8 Å². The van der Waals surface area contributed by atoms with Crippen LogP contribution in [0.1, 0.15) is 27.8 Å². The topological polar surface area (TPSA) is 118 Å². The summed E-state index contributed by atoms with van der Waals surface area (Å²) in [5.74, 6) is -0.452. The molecule has 0 aliphatic heterocycles. The summed E-state index contributed by atoms with van der Waals surface area (Å²) in [5, 5.41) is 35.1. The third-order valence-corrected chi connectivity index (χ3v) is 9.22. The summed E-state index contributed by atoms with van der Waals surface area (Å²) in [6, 6.07) is 8.37. The number of aliphatic hydroxyl groups is 1. The van der Waals surface area contributed by atoms with Crippen LogP contribution >= 0.6 is 63.7 Å². The van der Waals surface area contributed by atoms with Crippen molar-refractivity contribution in [2.75, 3.05) is 0 Å². The van der Waals surface area contributed by atoms with Crippen LogP contribution in [0.3, 0.4) is 0 Å². The number of benzene rings is 3. The predicted octanol–water partition coefficient (Wildman–Crippen LogP) is 2.67. The first-order chi connectivity index (χ1) is 14.7. The van der Waals surface area contributed by atoms with E-state index in [1.54, 1.807) is 13.8 Å². The first-order valence-corrected chi connectivity index (χ1v) is 13.5. The molecule has 0 aliphatic carbocycles. The van der Waals surface area contributed by atoms with Gasteiger partial charge in [0.25, 0.3) is 10.1 Å². The number of rotatable bonds is 4. The molecule has 33 heavy (non-hydrogen) atoms. The Kier molecular flexibility index (Phi) is 9.39. The smallest absolute Gasteiger partial charge is 0.871 e. The van der Waals surface area contributed by atoms with Gasteiger partial charge in [0, 0.05) is 14.5 Å². The molecule has 0 saturated carbocycles. The third kappa shape index (κ3) is 5.14. The molecule has 0 spiro atoms. The summed E-state index contributed by atoms with van der Waals surface area (Å²) < 4.78 is 35.2. The maximum Gasteiger partial charge on any atom is 1.00 e. The Bertz CT molecular complexity index is 1300. The molecule has 0 saturated heterocycles. The second-order valence-corrected chi connectivity index (χ2v) is 11.7. The number of hydrogen-bond donors (Lipinski definition) is 3. The van der Waals surface area contributed by atoms with E-state index < -0.39 is 20.6 Å². The van der Waals surface area contributed by atoms with Gasteiger partial charge < -0.3 is 15.3 Å². The molecule has 0 heterocycles. The van der Waals surface area contributed by atoms with Crippen molar-refractivity contribution in [2.45, 2.75) is 24.3 Å². The first kappa shape index (κ1) is 29.3. The summed E-state index contributed by atoms with van der Waals surface area (Å²) in [6.07, 6.45) is 0. The van der Waals surface area contributed by atoms with Gasteiger partial charge in [-0.25, -0.2) is 0 Å². The Morgan fingerprint density at radius 3 is 1.91 bits per heavy atom. The van der Waals surface area contributed by atoms with E-state index in [0.29, 0.717) is 11.1 Å². The molecule has 3 aromatic carbocycles. The van der Waals surface area contributed by atoms with Gasteiger partial charge >= 0.3 is 29.6 Å². The van der Waals surface area contributed by atoms with Gasteiger partial charge in [0.1, 0.15) is 16.2 Å². The van der Waals surface area contributed by atoms with Crippen LogP contribution in [0.15, 0.2) is 59.2 Å². The molecule has 1 atom stereocenters. The van der Waals surface area contributed by atoms with Gasteiger partial charge in [0.15, 0.2) is 0 Å². The van der Waals surface area contributed by atoms with E-state index in [-0.39, 0.29) is 75.6 Å². The monoisotopic (exact) mass is 734 g/mol. The summed E-state index contributed by atoms with van der Waals surface area (Å²) in [4.78, 5) is -0.500. The van der Waals surface area contributed by atoms with Crippen molar-refractivity contribution in [1.82, 2.24) is 0 Å². The van der Waals surface area contributed by atoms with Crippen molar-refractivity contribution in [3.63, 3.8) is 0 Å². The van der Waals surface area contributed by atoms with Gasteiger partial charge in [-0.05, 0) is 86.2 Å². The zero-order valence-corrected chi connectivity index (χ0v) is 26.6. The molecule has 0 fully saturated rings. The molecule has 0 radical (unpaired) electrons. The fraction of sp³-hybridized carbons (Fsp3) is 0.143. The van der Waals surface area contributed by atoms with Crippen LogP contribution in [0.2, 0.25) is 0 Å². The van der Waals surface area contributed by atoms with Gasteiger partial charge in [-0.2, -0.15) is 8.42 Å². The summed E-state index contributed by atoms with van der Waals surface area (Å²) in [7, 11) is -4.73.